The van der Waals surface area contributed by atoms with Crippen molar-refractivity contribution in [3.8, 4) is 5.75 Å². The van der Waals surface area contributed by atoms with Gasteiger partial charge in [0, 0.05) is 11.3 Å². The van der Waals surface area contributed by atoms with Gasteiger partial charge in [-0.3, -0.25) is 14.3 Å². The van der Waals surface area contributed by atoms with Crippen LogP contribution in [0.2, 0.25) is 0 Å². The monoisotopic (exact) mass is 349 g/mol. The molecule has 0 saturated heterocycles. The van der Waals surface area contributed by atoms with E-state index < -0.39 is 21.8 Å². The van der Waals surface area contributed by atoms with Crippen LogP contribution in [0.3, 0.4) is 0 Å². The zero-order valence-electron chi connectivity index (χ0n) is 12.4. The van der Waals surface area contributed by atoms with Crippen molar-refractivity contribution in [2.45, 2.75) is 4.90 Å². The Morgan fingerprint density at radius 1 is 1.04 bits per heavy atom. The molecule has 0 heterocycles. The van der Waals surface area contributed by atoms with Crippen molar-refractivity contribution in [3.63, 3.8) is 0 Å². The number of nitrogens with one attached hydrogen (secondary N) is 1. The van der Waals surface area contributed by atoms with E-state index in [9.17, 15) is 18.0 Å². The lowest BCUT2D eigenvalue weighted by atomic mass is 10.2. The number of rotatable bonds is 7. The molecule has 2 aromatic rings. The molecule has 0 bridgehead atoms. The Morgan fingerprint density at radius 3 is 2.29 bits per heavy atom. The summed E-state index contributed by atoms with van der Waals surface area (Å²) in [4.78, 5) is 21.8. The number of benzene rings is 2. The van der Waals surface area contributed by atoms with Gasteiger partial charge in [-0.05, 0) is 42.5 Å². The Bertz CT molecular complexity index is 863. The molecule has 5 N–H and O–H groups in total. The van der Waals surface area contributed by atoms with Gasteiger partial charge in [0.25, 0.3) is 15.9 Å². The number of hydrogen-bond donors (Lipinski definition) is 3. The van der Waals surface area contributed by atoms with Crippen LogP contribution in [-0.4, -0.2) is 26.8 Å². The summed E-state index contributed by atoms with van der Waals surface area (Å²) >= 11 is 0. The van der Waals surface area contributed by atoms with Gasteiger partial charge in [-0.15, -0.1) is 0 Å². The van der Waals surface area contributed by atoms with Gasteiger partial charge in [0.2, 0.25) is 5.91 Å². The highest BCUT2D eigenvalue weighted by Gasteiger charge is 2.15. The summed E-state index contributed by atoms with van der Waals surface area (Å²) in [7, 11) is -3.85. The predicted molar refractivity (Wildman–Crippen MR) is 86.9 cm³/mol. The fraction of sp³-hybridized carbons (Fsp3) is 0.0667. The first kappa shape index (κ1) is 17.3. The summed E-state index contributed by atoms with van der Waals surface area (Å²) in [6.45, 7) is -0.301. The fourth-order valence-electron chi connectivity index (χ4n) is 1.82. The van der Waals surface area contributed by atoms with Crippen LogP contribution in [0.15, 0.2) is 53.4 Å². The topological polar surface area (TPSA) is 142 Å². The molecule has 126 valence electrons. The number of ether oxygens (including phenoxy) is 1. The largest absolute Gasteiger partial charge is 0.484 e. The minimum atomic E-state index is -3.85. The van der Waals surface area contributed by atoms with Crippen molar-refractivity contribution >= 4 is 27.5 Å². The molecule has 0 aliphatic rings. The minimum absolute atomic E-state index is 0.0154. The molecule has 0 spiro atoms. The van der Waals surface area contributed by atoms with E-state index in [4.69, 9.17) is 16.2 Å². The highest BCUT2D eigenvalue weighted by Crippen LogP contribution is 2.20. The molecule has 2 aromatic carbocycles. The maximum Gasteiger partial charge on any atom is 0.261 e. The molecule has 0 atom stereocenters. The van der Waals surface area contributed by atoms with Gasteiger partial charge < -0.3 is 16.2 Å². The normalized spacial score (nSPS) is 10.8. The summed E-state index contributed by atoms with van der Waals surface area (Å²) in [5.41, 5.74) is 10.5. The van der Waals surface area contributed by atoms with E-state index in [-0.39, 0.29) is 22.8 Å². The molecule has 0 saturated carbocycles. The molecule has 0 aliphatic carbocycles. The van der Waals surface area contributed by atoms with Gasteiger partial charge in [0.15, 0.2) is 6.61 Å². The Labute approximate surface area is 138 Å². The summed E-state index contributed by atoms with van der Waals surface area (Å²) in [6.07, 6.45) is 0. The summed E-state index contributed by atoms with van der Waals surface area (Å²) in [5.74, 6) is -0.988. The Kier molecular flexibility index (Phi) is 5.05. The molecule has 0 fully saturated rings. The maximum atomic E-state index is 12.3. The molecular weight excluding hydrogens is 334 g/mol. The molecule has 2 amide bonds. The van der Waals surface area contributed by atoms with Crippen molar-refractivity contribution in [2.24, 2.45) is 11.5 Å². The van der Waals surface area contributed by atoms with Crippen molar-refractivity contribution in [1.29, 1.82) is 0 Å². The van der Waals surface area contributed by atoms with Crippen LogP contribution in [0.1, 0.15) is 10.4 Å². The van der Waals surface area contributed by atoms with E-state index in [0.717, 1.165) is 0 Å². The SMILES string of the molecule is NC(=O)COc1ccc(S(=O)(=O)Nc2cccc(C(N)=O)c2)cc1. The standard InChI is InChI=1S/C15H15N3O5S/c16-14(19)9-23-12-4-6-13(7-5-12)24(21,22)18-11-3-1-2-10(8-11)15(17)20/h1-8,18H,9H2,(H2,16,19)(H2,17,20). The third-order valence-electron chi connectivity index (χ3n) is 2.91. The fourth-order valence-corrected chi connectivity index (χ4v) is 2.87. The lowest BCUT2D eigenvalue weighted by molar-refractivity contribution is -0.119. The first-order chi connectivity index (χ1) is 11.3. The Morgan fingerprint density at radius 2 is 1.71 bits per heavy atom. The van der Waals surface area contributed by atoms with Gasteiger partial charge in [0.05, 0.1) is 4.90 Å². The molecule has 0 aromatic heterocycles. The predicted octanol–water partition coefficient (Wildman–Crippen LogP) is 0.450. The molecule has 8 nitrogen and oxygen atoms in total. The average molecular weight is 349 g/mol. The summed E-state index contributed by atoms with van der Waals surface area (Å²) < 4.78 is 32.0. The van der Waals surface area contributed by atoms with Crippen LogP contribution in [0.5, 0.6) is 5.75 Å². The highest BCUT2D eigenvalue weighted by atomic mass is 32.2. The van der Waals surface area contributed by atoms with E-state index in [0.29, 0.717) is 5.75 Å². The van der Waals surface area contributed by atoms with Gasteiger partial charge in [-0.25, -0.2) is 8.42 Å². The molecular formula is C15H15N3O5S. The molecule has 0 unspecified atom stereocenters. The number of sulfonamides is 1. The lowest BCUT2D eigenvalue weighted by Gasteiger charge is -2.10. The van der Waals surface area contributed by atoms with E-state index in [1.54, 1.807) is 0 Å². The smallest absolute Gasteiger partial charge is 0.261 e. The second kappa shape index (κ2) is 7.01. The third-order valence-corrected chi connectivity index (χ3v) is 4.31. The van der Waals surface area contributed by atoms with Gasteiger partial charge in [-0.1, -0.05) is 6.07 Å². The van der Waals surface area contributed by atoms with E-state index >= 15 is 0 Å². The molecule has 0 radical (unpaired) electrons. The van der Waals surface area contributed by atoms with Crippen molar-refractivity contribution in [1.82, 2.24) is 0 Å². The van der Waals surface area contributed by atoms with E-state index in [1.165, 1.54) is 48.5 Å². The number of nitrogens with two attached hydrogens (primary N) is 2. The minimum Gasteiger partial charge on any atom is -0.484 e. The number of primary amides is 2. The second-order valence-electron chi connectivity index (χ2n) is 4.78. The quantitative estimate of drug-likeness (QED) is 0.665. The molecule has 2 rings (SSSR count). The lowest BCUT2D eigenvalue weighted by Crippen LogP contribution is -2.20. The van der Waals surface area contributed by atoms with Gasteiger partial charge in [0.1, 0.15) is 5.75 Å². The van der Waals surface area contributed by atoms with Gasteiger partial charge >= 0.3 is 0 Å². The van der Waals surface area contributed by atoms with Crippen LogP contribution < -0.4 is 20.9 Å². The third kappa shape index (κ3) is 4.46. The van der Waals surface area contributed by atoms with Crippen LogP contribution in [0, 0.1) is 0 Å². The number of hydrogen-bond acceptors (Lipinski definition) is 5. The van der Waals surface area contributed by atoms with Crippen molar-refractivity contribution in [3.05, 3.63) is 54.1 Å². The zero-order valence-corrected chi connectivity index (χ0v) is 13.2. The summed E-state index contributed by atoms with van der Waals surface area (Å²) in [6, 6.07) is 11.3. The number of carbonyl (C=O) groups is 2. The van der Waals surface area contributed by atoms with Crippen LogP contribution in [0.4, 0.5) is 5.69 Å². The van der Waals surface area contributed by atoms with Crippen LogP contribution >= 0.6 is 0 Å². The van der Waals surface area contributed by atoms with Crippen LogP contribution in [-0.2, 0) is 14.8 Å². The van der Waals surface area contributed by atoms with E-state index in [2.05, 4.69) is 4.72 Å². The van der Waals surface area contributed by atoms with Crippen LogP contribution in [0.25, 0.3) is 0 Å². The first-order valence-corrected chi connectivity index (χ1v) is 8.20. The number of amides is 2. The Balaban J connectivity index is 2.16. The number of carbonyl (C=O) groups excluding carboxylic acids is 2. The summed E-state index contributed by atoms with van der Waals surface area (Å²) in [5, 5.41) is 0. The Hall–Kier alpha value is -3.07. The maximum absolute atomic E-state index is 12.3. The first-order valence-electron chi connectivity index (χ1n) is 6.72. The highest BCUT2D eigenvalue weighted by molar-refractivity contribution is 7.92. The second-order valence-corrected chi connectivity index (χ2v) is 6.46. The number of anilines is 1. The van der Waals surface area contributed by atoms with Crippen molar-refractivity contribution < 1.29 is 22.7 Å². The van der Waals surface area contributed by atoms with Gasteiger partial charge in [-0.2, -0.15) is 0 Å². The average Bonchev–Trinajstić information content (AvgIpc) is 2.53. The van der Waals surface area contributed by atoms with E-state index in [1.807, 2.05) is 0 Å². The molecule has 0 aliphatic heterocycles. The molecule has 9 heteroatoms. The zero-order chi connectivity index (χ0) is 17.7. The van der Waals surface area contributed by atoms with Crippen molar-refractivity contribution in [2.75, 3.05) is 11.3 Å². The molecule has 24 heavy (non-hydrogen) atoms.